The molecule has 2 rings (SSSR count). The van der Waals surface area contributed by atoms with Crippen LogP contribution < -0.4 is 10.6 Å². The molecule has 3 N–H and O–H groups in total. The quantitative estimate of drug-likeness (QED) is 0.731. The average Bonchev–Trinajstić information content (AvgIpc) is 2.54. The van der Waals surface area contributed by atoms with Gasteiger partial charge in [0, 0.05) is 16.8 Å². The molecule has 6 nitrogen and oxygen atoms in total. The van der Waals surface area contributed by atoms with Gasteiger partial charge in [0.2, 0.25) is 11.8 Å². The molecule has 1 aromatic carbocycles. The van der Waals surface area contributed by atoms with Gasteiger partial charge in [-0.1, -0.05) is 39.0 Å². The first-order valence-corrected chi connectivity index (χ1v) is 8.28. The zero-order valence-electron chi connectivity index (χ0n) is 14.7. The van der Waals surface area contributed by atoms with Crippen LogP contribution in [0.1, 0.15) is 33.6 Å². The van der Waals surface area contributed by atoms with Gasteiger partial charge in [-0.15, -0.1) is 0 Å². The second-order valence-electron chi connectivity index (χ2n) is 7.27. The number of carboxylic acid groups (broad SMARTS) is 1. The number of carboxylic acids is 1. The number of aliphatic carboxylic acids is 1. The monoisotopic (exact) mass is 344 g/mol. The lowest BCUT2D eigenvalue weighted by molar-refractivity contribution is -0.146. The normalized spacial score (nSPS) is 20.0. The predicted molar refractivity (Wildman–Crippen MR) is 96.1 cm³/mol. The van der Waals surface area contributed by atoms with Crippen molar-refractivity contribution in [2.45, 2.75) is 33.6 Å². The molecule has 0 unspecified atom stereocenters. The second kappa shape index (κ2) is 7.51. The molecule has 134 valence electrons. The van der Waals surface area contributed by atoms with Crippen LogP contribution in [-0.2, 0) is 14.4 Å². The van der Waals surface area contributed by atoms with E-state index in [2.05, 4.69) is 10.6 Å². The van der Waals surface area contributed by atoms with E-state index in [1.807, 2.05) is 26.8 Å². The lowest BCUT2D eigenvalue weighted by atomic mass is 9.82. The summed E-state index contributed by atoms with van der Waals surface area (Å²) >= 11 is 0. The van der Waals surface area contributed by atoms with E-state index in [0.29, 0.717) is 24.2 Å². The number of carbonyl (C=O) groups excluding carboxylic acids is 2. The van der Waals surface area contributed by atoms with Crippen LogP contribution in [0.5, 0.6) is 0 Å². The molecule has 0 aliphatic heterocycles. The fourth-order valence-corrected chi connectivity index (χ4v) is 2.61. The van der Waals surface area contributed by atoms with E-state index in [1.165, 1.54) is 0 Å². The summed E-state index contributed by atoms with van der Waals surface area (Å²) in [6, 6.07) is 6.83. The lowest BCUT2D eigenvalue weighted by Gasteiger charge is -2.24. The van der Waals surface area contributed by atoms with Crippen LogP contribution >= 0.6 is 0 Å². The van der Waals surface area contributed by atoms with Crippen molar-refractivity contribution >= 4 is 29.2 Å². The summed E-state index contributed by atoms with van der Waals surface area (Å²) in [4.78, 5) is 35.9. The van der Waals surface area contributed by atoms with E-state index in [-0.39, 0.29) is 11.8 Å². The van der Waals surface area contributed by atoms with Crippen molar-refractivity contribution in [1.29, 1.82) is 0 Å². The Labute approximate surface area is 147 Å². The summed E-state index contributed by atoms with van der Waals surface area (Å²) in [6.07, 6.45) is 4.40. The fraction of sp³-hybridized carbons (Fsp3) is 0.421. The second-order valence-corrected chi connectivity index (χ2v) is 7.27. The number of nitrogens with one attached hydrogen (secondary N) is 2. The fourth-order valence-electron chi connectivity index (χ4n) is 2.61. The van der Waals surface area contributed by atoms with E-state index in [0.717, 1.165) is 0 Å². The Bertz CT molecular complexity index is 704. The smallest absolute Gasteiger partial charge is 0.307 e. The molecule has 1 aliphatic rings. The van der Waals surface area contributed by atoms with Gasteiger partial charge in [0.1, 0.15) is 0 Å². The number of amides is 2. The Morgan fingerprint density at radius 1 is 1.00 bits per heavy atom. The molecule has 1 aromatic rings. The van der Waals surface area contributed by atoms with Crippen LogP contribution in [0.25, 0.3) is 0 Å². The number of hydrogen-bond donors (Lipinski definition) is 3. The number of anilines is 2. The van der Waals surface area contributed by atoms with Crippen LogP contribution in [-0.4, -0.2) is 22.9 Å². The predicted octanol–water partition coefficient (Wildman–Crippen LogP) is 3.28. The maximum absolute atomic E-state index is 12.5. The molecule has 0 saturated carbocycles. The minimum Gasteiger partial charge on any atom is -0.481 e. The Morgan fingerprint density at radius 3 is 2.12 bits per heavy atom. The molecule has 0 spiro atoms. The van der Waals surface area contributed by atoms with Gasteiger partial charge in [0.15, 0.2) is 0 Å². The molecular weight excluding hydrogens is 320 g/mol. The van der Waals surface area contributed by atoms with Crippen molar-refractivity contribution in [1.82, 2.24) is 0 Å². The standard InChI is InChI=1S/C19H24N2O4/c1-19(2,3)18(25)21-13-8-6-7-12(11-13)20-16(22)14-9-4-5-10-15(14)17(23)24/h4-8,11,14-15H,9-10H2,1-3H3,(H,20,22)(H,21,25)(H,23,24)/t14-,15-/m1/s1. The van der Waals surface area contributed by atoms with Crippen LogP contribution in [0.2, 0.25) is 0 Å². The molecule has 1 aliphatic carbocycles. The van der Waals surface area contributed by atoms with Gasteiger partial charge in [-0.05, 0) is 31.0 Å². The third-order valence-electron chi connectivity index (χ3n) is 4.16. The Morgan fingerprint density at radius 2 is 1.56 bits per heavy atom. The van der Waals surface area contributed by atoms with Crippen molar-refractivity contribution in [3.8, 4) is 0 Å². The average molecular weight is 344 g/mol. The molecule has 0 radical (unpaired) electrons. The van der Waals surface area contributed by atoms with E-state index in [9.17, 15) is 19.5 Å². The largest absolute Gasteiger partial charge is 0.481 e. The van der Waals surface area contributed by atoms with Gasteiger partial charge in [-0.3, -0.25) is 14.4 Å². The Hall–Kier alpha value is -2.63. The SMILES string of the molecule is CC(C)(C)C(=O)Nc1cccc(NC(=O)[C@@H]2CC=CC[C@H]2C(=O)O)c1. The van der Waals surface area contributed by atoms with Gasteiger partial charge < -0.3 is 15.7 Å². The highest BCUT2D eigenvalue weighted by molar-refractivity contribution is 5.97. The number of hydrogen-bond acceptors (Lipinski definition) is 3. The van der Waals surface area contributed by atoms with E-state index in [4.69, 9.17) is 0 Å². The van der Waals surface area contributed by atoms with Crippen molar-refractivity contribution in [3.05, 3.63) is 36.4 Å². The summed E-state index contributed by atoms with van der Waals surface area (Å²) < 4.78 is 0. The summed E-state index contributed by atoms with van der Waals surface area (Å²) in [5, 5.41) is 14.8. The first-order valence-electron chi connectivity index (χ1n) is 8.28. The number of allylic oxidation sites excluding steroid dienone is 2. The van der Waals surface area contributed by atoms with Crippen molar-refractivity contribution in [2.75, 3.05) is 10.6 Å². The number of carbonyl (C=O) groups is 3. The van der Waals surface area contributed by atoms with Crippen LogP contribution in [0, 0.1) is 17.3 Å². The van der Waals surface area contributed by atoms with Crippen LogP contribution in [0.3, 0.4) is 0 Å². The minimum absolute atomic E-state index is 0.126. The molecule has 6 heteroatoms. The van der Waals surface area contributed by atoms with Gasteiger partial charge >= 0.3 is 5.97 Å². The van der Waals surface area contributed by atoms with Gasteiger partial charge in [-0.2, -0.15) is 0 Å². The molecular formula is C19H24N2O4. The van der Waals surface area contributed by atoms with Gasteiger partial charge in [-0.25, -0.2) is 0 Å². The highest BCUT2D eigenvalue weighted by Crippen LogP contribution is 2.28. The highest BCUT2D eigenvalue weighted by atomic mass is 16.4. The molecule has 0 aromatic heterocycles. The minimum atomic E-state index is -0.962. The van der Waals surface area contributed by atoms with Crippen molar-refractivity contribution in [2.24, 2.45) is 17.3 Å². The Kier molecular flexibility index (Phi) is 5.62. The third kappa shape index (κ3) is 4.92. The van der Waals surface area contributed by atoms with Gasteiger partial charge in [0.25, 0.3) is 0 Å². The van der Waals surface area contributed by atoms with Gasteiger partial charge in [0.05, 0.1) is 11.8 Å². The molecule has 0 saturated heterocycles. The molecule has 2 atom stereocenters. The van der Waals surface area contributed by atoms with E-state index >= 15 is 0 Å². The first-order chi connectivity index (χ1) is 11.7. The summed E-state index contributed by atoms with van der Waals surface area (Å²) in [5.41, 5.74) is 0.578. The molecule has 25 heavy (non-hydrogen) atoms. The van der Waals surface area contributed by atoms with E-state index < -0.39 is 23.2 Å². The topological polar surface area (TPSA) is 95.5 Å². The maximum Gasteiger partial charge on any atom is 0.307 e. The Balaban J connectivity index is 2.08. The molecule has 0 heterocycles. The van der Waals surface area contributed by atoms with Crippen LogP contribution in [0.15, 0.2) is 36.4 Å². The number of benzene rings is 1. The van der Waals surface area contributed by atoms with Crippen molar-refractivity contribution < 1.29 is 19.5 Å². The zero-order chi connectivity index (χ0) is 18.6. The highest BCUT2D eigenvalue weighted by Gasteiger charge is 2.34. The molecule has 0 bridgehead atoms. The summed E-state index contributed by atoms with van der Waals surface area (Å²) in [6.45, 7) is 5.45. The maximum atomic E-state index is 12.5. The lowest BCUT2D eigenvalue weighted by Crippen LogP contribution is -2.34. The van der Waals surface area contributed by atoms with E-state index in [1.54, 1.807) is 30.3 Å². The summed E-state index contributed by atoms with van der Waals surface area (Å²) in [5.74, 6) is -2.73. The van der Waals surface area contributed by atoms with Crippen LogP contribution in [0.4, 0.5) is 11.4 Å². The third-order valence-corrected chi connectivity index (χ3v) is 4.16. The summed E-state index contributed by atoms with van der Waals surface area (Å²) in [7, 11) is 0. The molecule has 2 amide bonds. The number of rotatable bonds is 4. The zero-order valence-corrected chi connectivity index (χ0v) is 14.7. The van der Waals surface area contributed by atoms with Crippen molar-refractivity contribution in [3.63, 3.8) is 0 Å². The molecule has 0 fully saturated rings. The first kappa shape index (κ1) is 18.7.